The Bertz CT molecular complexity index is 894. The molecule has 5 aliphatic rings. The van der Waals surface area contributed by atoms with Crippen molar-refractivity contribution >= 4 is 5.91 Å². The van der Waals surface area contributed by atoms with Crippen molar-refractivity contribution in [1.82, 2.24) is 15.1 Å². The highest BCUT2D eigenvalue weighted by molar-refractivity contribution is 5.95. The number of hydrogen-bond donors (Lipinski definition) is 1. The van der Waals surface area contributed by atoms with Gasteiger partial charge in [-0.05, 0) is 81.3 Å². The summed E-state index contributed by atoms with van der Waals surface area (Å²) in [6, 6.07) is 10.2. The first-order valence-electron chi connectivity index (χ1n) is 11.7. The Morgan fingerprint density at radius 2 is 1.80 bits per heavy atom. The van der Waals surface area contributed by atoms with E-state index in [0.29, 0.717) is 6.54 Å². The van der Waals surface area contributed by atoms with Crippen molar-refractivity contribution in [3.63, 3.8) is 0 Å². The smallest absolute Gasteiger partial charge is 0.254 e. The fourth-order valence-corrected chi connectivity index (χ4v) is 7.15. The molecular weight excluding hydrogens is 374 g/mol. The minimum absolute atomic E-state index is 0.0124. The van der Waals surface area contributed by atoms with E-state index in [0.717, 1.165) is 54.1 Å². The molecule has 4 bridgehead atoms. The molecule has 0 radical (unpaired) electrons. The lowest BCUT2D eigenvalue weighted by Gasteiger charge is -2.56. The van der Waals surface area contributed by atoms with Gasteiger partial charge in [0.25, 0.3) is 5.91 Å². The summed E-state index contributed by atoms with van der Waals surface area (Å²) in [4.78, 5) is 13.3. The zero-order valence-electron chi connectivity index (χ0n) is 17.6. The summed E-state index contributed by atoms with van der Waals surface area (Å²) in [5.41, 5.74) is 2.93. The van der Waals surface area contributed by atoms with Gasteiger partial charge in [0.1, 0.15) is 0 Å². The van der Waals surface area contributed by atoms with E-state index in [1.54, 1.807) is 0 Å². The number of nitrogens with one attached hydrogen (secondary N) is 1. The van der Waals surface area contributed by atoms with Gasteiger partial charge in [-0.25, -0.2) is 4.68 Å². The summed E-state index contributed by atoms with van der Waals surface area (Å²) in [5.74, 6) is 2.47. The highest BCUT2D eigenvalue weighted by atomic mass is 16.5. The Kier molecular flexibility index (Phi) is 4.48. The maximum atomic E-state index is 13.3. The second-order valence-corrected chi connectivity index (χ2v) is 10.2. The van der Waals surface area contributed by atoms with Crippen LogP contribution in [0.25, 0.3) is 5.69 Å². The third kappa shape index (κ3) is 3.18. The van der Waals surface area contributed by atoms with Crippen LogP contribution in [0.15, 0.2) is 36.5 Å². The molecule has 1 N–H and O–H groups in total. The predicted molar refractivity (Wildman–Crippen MR) is 115 cm³/mol. The zero-order chi connectivity index (χ0) is 20.1. The lowest BCUT2D eigenvalue weighted by atomic mass is 9.48. The normalized spacial score (nSPS) is 34.4. The highest BCUT2D eigenvalue weighted by Crippen LogP contribution is 2.60. The molecular formula is C25H31N3O2. The molecule has 1 aliphatic heterocycles. The Hall–Kier alpha value is -2.14. The molecule has 5 nitrogen and oxygen atoms in total. The molecule has 5 fully saturated rings. The SMILES string of the molecule is O=C(NCC1CCCO1)c1cn(-c2ccccc2)nc1C12CC3CC(CC(C3)C1)C2. The molecule has 5 heteroatoms. The molecule has 4 saturated carbocycles. The van der Waals surface area contributed by atoms with Crippen molar-refractivity contribution in [3.05, 3.63) is 47.8 Å². The summed E-state index contributed by atoms with van der Waals surface area (Å²) in [6.07, 6.45) is 12.0. The lowest BCUT2D eigenvalue weighted by Crippen LogP contribution is -2.49. The van der Waals surface area contributed by atoms with E-state index in [1.807, 2.05) is 29.1 Å². The van der Waals surface area contributed by atoms with Gasteiger partial charge < -0.3 is 10.1 Å². The van der Waals surface area contributed by atoms with Gasteiger partial charge in [0.05, 0.1) is 23.0 Å². The van der Waals surface area contributed by atoms with Crippen LogP contribution in [0.2, 0.25) is 0 Å². The third-order valence-electron chi connectivity index (χ3n) is 8.03. The minimum atomic E-state index is 0.0124. The summed E-state index contributed by atoms with van der Waals surface area (Å²) < 4.78 is 7.63. The van der Waals surface area contributed by atoms with Crippen LogP contribution < -0.4 is 5.32 Å². The van der Waals surface area contributed by atoms with Crippen molar-refractivity contribution in [2.24, 2.45) is 17.8 Å². The van der Waals surface area contributed by atoms with Gasteiger partial charge >= 0.3 is 0 Å². The van der Waals surface area contributed by atoms with Gasteiger partial charge in [-0.15, -0.1) is 0 Å². The molecule has 2 heterocycles. The highest BCUT2D eigenvalue weighted by Gasteiger charge is 2.53. The summed E-state index contributed by atoms with van der Waals surface area (Å²) in [5, 5.41) is 8.26. The summed E-state index contributed by atoms with van der Waals surface area (Å²) >= 11 is 0. The van der Waals surface area contributed by atoms with Crippen molar-refractivity contribution in [3.8, 4) is 5.69 Å². The quantitative estimate of drug-likeness (QED) is 0.809. The monoisotopic (exact) mass is 405 g/mol. The topological polar surface area (TPSA) is 56.1 Å². The van der Waals surface area contributed by atoms with E-state index >= 15 is 0 Å². The Balaban J connectivity index is 1.35. The second-order valence-electron chi connectivity index (χ2n) is 10.2. The summed E-state index contributed by atoms with van der Waals surface area (Å²) in [6.45, 7) is 1.40. The lowest BCUT2D eigenvalue weighted by molar-refractivity contribution is -0.00771. The van der Waals surface area contributed by atoms with Gasteiger partial charge in [-0.2, -0.15) is 5.10 Å². The van der Waals surface area contributed by atoms with Gasteiger partial charge in [0.2, 0.25) is 0 Å². The standard InChI is InChI=1S/C25H31N3O2/c29-24(26-15-21-7-4-8-30-21)22-16-28(20-5-2-1-3-6-20)27-23(22)25-12-17-9-18(13-25)11-19(10-17)14-25/h1-3,5-6,16-19,21H,4,7-15H2,(H,26,29). The van der Waals surface area contributed by atoms with Crippen LogP contribution in [0.5, 0.6) is 0 Å². The fourth-order valence-electron chi connectivity index (χ4n) is 7.15. The number of nitrogens with zero attached hydrogens (tertiary/aromatic N) is 2. The van der Waals surface area contributed by atoms with E-state index in [2.05, 4.69) is 17.4 Å². The zero-order valence-corrected chi connectivity index (χ0v) is 17.6. The maximum Gasteiger partial charge on any atom is 0.254 e. The largest absolute Gasteiger partial charge is 0.376 e. The molecule has 2 aromatic rings. The maximum absolute atomic E-state index is 13.3. The molecule has 1 amide bonds. The molecule has 4 aliphatic carbocycles. The van der Waals surface area contributed by atoms with Crippen LogP contribution in [-0.2, 0) is 10.2 Å². The molecule has 1 saturated heterocycles. The molecule has 30 heavy (non-hydrogen) atoms. The molecule has 1 aromatic heterocycles. The van der Waals surface area contributed by atoms with Crippen LogP contribution in [0, 0.1) is 17.8 Å². The Morgan fingerprint density at radius 1 is 1.10 bits per heavy atom. The first-order chi connectivity index (χ1) is 14.7. The summed E-state index contributed by atoms with van der Waals surface area (Å²) in [7, 11) is 0. The van der Waals surface area contributed by atoms with E-state index in [1.165, 1.54) is 38.5 Å². The van der Waals surface area contributed by atoms with Gasteiger partial charge in [-0.3, -0.25) is 4.79 Å². The number of rotatable bonds is 5. The van der Waals surface area contributed by atoms with Crippen LogP contribution in [-0.4, -0.2) is 34.9 Å². The van der Waals surface area contributed by atoms with E-state index in [9.17, 15) is 4.79 Å². The number of ether oxygens (including phenoxy) is 1. The van der Waals surface area contributed by atoms with Crippen molar-refractivity contribution < 1.29 is 9.53 Å². The van der Waals surface area contributed by atoms with Crippen molar-refractivity contribution in [2.45, 2.75) is 62.9 Å². The van der Waals surface area contributed by atoms with Crippen LogP contribution >= 0.6 is 0 Å². The number of hydrogen-bond acceptors (Lipinski definition) is 3. The van der Waals surface area contributed by atoms with E-state index < -0.39 is 0 Å². The Labute approximate surface area is 178 Å². The third-order valence-corrected chi connectivity index (χ3v) is 8.03. The average molecular weight is 406 g/mol. The molecule has 1 aromatic carbocycles. The number of carbonyl (C=O) groups is 1. The van der Waals surface area contributed by atoms with Crippen LogP contribution in [0.3, 0.4) is 0 Å². The van der Waals surface area contributed by atoms with Crippen molar-refractivity contribution in [1.29, 1.82) is 0 Å². The number of carbonyl (C=O) groups excluding carboxylic acids is 1. The van der Waals surface area contributed by atoms with E-state index in [-0.39, 0.29) is 17.4 Å². The number of benzene rings is 1. The van der Waals surface area contributed by atoms with Gasteiger partial charge in [0, 0.05) is 24.8 Å². The minimum Gasteiger partial charge on any atom is -0.376 e. The average Bonchev–Trinajstić information content (AvgIpc) is 3.42. The van der Waals surface area contributed by atoms with Crippen LogP contribution in [0.4, 0.5) is 0 Å². The van der Waals surface area contributed by atoms with Gasteiger partial charge in [0.15, 0.2) is 0 Å². The molecule has 158 valence electrons. The van der Waals surface area contributed by atoms with E-state index in [4.69, 9.17) is 9.84 Å². The Morgan fingerprint density at radius 3 is 2.43 bits per heavy atom. The number of para-hydroxylation sites is 1. The van der Waals surface area contributed by atoms with Gasteiger partial charge in [-0.1, -0.05) is 18.2 Å². The van der Waals surface area contributed by atoms with Crippen LogP contribution in [0.1, 0.15) is 67.4 Å². The first-order valence-corrected chi connectivity index (χ1v) is 11.7. The fraction of sp³-hybridized carbons (Fsp3) is 0.600. The van der Waals surface area contributed by atoms with Crippen molar-refractivity contribution in [2.75, 3.05) is 13.2 Å². The number of amides is 1. The molecule has 7 rings (SSSR count). The second kappa shape index (κ2) is 7.23. The first kappa shape index (κ1) is 18.6. The number of aromatic nitrogens is 2. The molecule has 0 spiro atoms. The predicted octanol–water partition coefficient (Wildman–Crippen LogP) is 4.25. The molecule has 1 unspecified atom stereocenters. The molecule has 1 atom stereocenters.